The van der Waals surface area contributed by atoms with Gasteiger partial charge in [-0.3, -0.25) is 4.57 Å². The zero-order chi connectivity index (χ0) is 13.1. The molecule has 18 heavy (non-hydrogen) atoms. The van der Waals surface area contributed by atoms with E-state index in [0.29, 0.717) is 0 Å². The maximum absolute atomic E-state index is 4.32. The van der Waals surface area contributed by atoms with Gasteiger partial charge in [-0.25, -0.2) is 4.98 Å². The first-order valence-corrected chi connectivity index (χ1v) is 6.19. The lowest BCUT2D eigenvalue weighted by molar-refractivity contribution is 1.01. The van der Waals surface area contributed by atoms with Gasteiger partial charge in [-0.1, -0.05) is 6.07 Å². The summed E-state index contributed by atoms with van der Waals surface area (Å²) in [7, 11) is 4.12. The lowest BCUT2D eigenvalue weighted by Gasteiger charge is -2.18. The van der Waals surface area contributed by atoms with Crippen LogP contribution in [0.2, 0.25) is 0 Å². The van der Waals surface area contributed by atoms with Crippen LogP contribution in [0.15, 0.2) is 30.6 Å². The molecule has 0 spiro atoms. The number of nitrogens with zero attached hydrogens (tertiary/aromatic N) is 3. The number of nitrogens with one attached hydrogen (secondary N) is 1. The molecule has 0 unspecified atom stereocenters. The lowest BCUT2D eigenvalue weighted by Crippen LogP contribution is -2.11. The summed E-state index contributed by atoms with van der Waals surface area (Å²) in [6.07, 6.45) is 3.79. The normalized spacial score (nSPS) is 10.4. The molecule has 0 radical (unpaired) electrons. The fourth-order valence-electron chi connectivity index (χ4n) is 2.03. The molecule has 0 bridgehead atoms. The predicted octanol–water partition coefficient (Wildman–Crippen LogP) is 2.68. The fourth-order valence-corrected chi connectivity index (χ4v) is 2.03. The second-order valence-corrected chi connectivity index (χ2v) is 4.52. The summed E-state index contributed by atoms with van der Waals surface area (Å²) in [6, 6.07) is 6.43. The van der Waals surface area contributed by atoms with E-state index < -0.39 is 0 Å². The molecule has 0 saturated heterocycles. The minimum atomic E-state index is 0.864. The Morgan fingerprint density at radius 3 is 2.78 bits per heavy atom. The van der Waals surface area contributed by atoms with Crippen LogP contribution in [0.3, 0.4) is 0 Å². The largest absolute Gasteiger partial charge is 0.377 e. The molecule has 0 aliphatic rings. The number of hydrogen-bond acceptors (Lipinski definition) is 3. The second kappa shape index (κ2) is 5.12. The van der Waals surface area contributed by atoms with Crippen LogP contribution in [0.25, 0.3) is 5.69 Å². The van der Waals surface area contributed by atoms with Gasteiger partial charge in [0.15, 0.2) is 0 Å². The monoisotopic (exact) mass is 244 g/mol. The quantitative estimate of drug-likeness (QED) is 0.897. The van der Waals surface area contributed by atoms with Gasteiger partial charge in [0.1, 0.15) is 0 Å². The van der Waals surface area contributed by atoms with Crippen LogP contribution in [0, 0.1) is 6.92 Å². The maximum Gasteiger partial charge on any atom is 0.207 e. The standard InChI is InChI=1S/C14H20N4/c1-5-15-14-16-8-9-18(14)12-7-6-11(2)13(10-12)17(3)4/h6-10H,5H2,1-4H3,(H,15,16). The van der Waals surface area contributed by atoms with Crippen LogP contribution < -0.4 is 10.2 Å². The summed E-state index contributed by atoms with van der Waals surface area (Å²) in [6.45, 7) is 5.06. The Bertz CT molecular complexity index is 528. The minimum absolute atomic E-state index is 0.864. The minimum Gasteiger partial charge on any atom is -0.377 e. The van der Waals surface area contributed by atoms with Gasteiger partial charge < -0.3 is 10.2 Å². The summed E-state index contributed by atoms with van der Waals surface area (Å²) in [5, 5.41) is 3.26. The van der Waals surface area contributed by atoms with E-state index >= 15 is 0 Å². The Balaban J connectivity index is 2.44. The van der Waals surface area contributed by atoms with Crippen molar-refractivity contribution in [1.82, 2.24) is 9.55 Å². The van der Waals surface area contributed by atoms with Crippen molar-refractivity contribution in [3.63, 3.8) is 0 Å². The first kappa shape index (κ1) is 12.5. The number of imidazole rings is 1. The molecule has 2 aromatic rings. The number of benzene rings is 1. The van der Waals surface area contributed by atoms with Crippen LogP contribution in [0.1, 0.15) is 12.5 Å². The van der Waals surface area contributed by atoms with E-state index in [2.05, 4.69) is 65.9 Å². The highest BCUT2D eigenvalue weighted by molar-refractivity contribution is 5.59. The van der Waals surface area contributed by atoms with E-state index in [-0.39, 0.29) is 0 Å². The molecular formula is C14H20N4. The van der Waals surface area contributed by atoms with Gasteiger partial charge in [0.2, 0.25) is 5.95 Å². The van der Waals surface area contributed by atoms with Crippen molar-refractivity contribution in [2.45, 2.75) is 13.8 Å². The van der Waals surface area contributed by atoms with Gasteiger partial charge >= 0.3 is 0 Å². The summed E-state index contributed by atoms with van der Waals surface area (Å²) >= 11 is 0. The van der Waals surface area contributed by atoms with E-state index in [4.69, 9.17) is 0 Å². The average Bonchev–Trinajstić information content (AvgIpc) is 2.78. The first-order valence-electron chi connectivity index (χ1n) is 6.19. The fraction of sp³-hybridized carbons (Fsp3) is 0.357. The Kier molecular flexibility index (Phi) is 3.55. The molecule has 0 amide bonds. The van der Waals surface area contributed by atoms with Crippen molar-refractivity contribution in [3.8, 4) is 5.69 Å². The van der Waals surface area contributed by atoms with Gasteiger partial charge in [-0.15, -0.1) is 0 Å². The smallest absolute Gasteiger partial charge is 0.207 e. The van der Waals surface area contributed by atoms with E-state index in [9.17, 15) is 0 Å². The summed E-state index contributed by atoms with van der Waals surface area (Å²) in [5.74, 6) is 0.881. The molecule has 1 N–H and O–H groups in total. The van der Waals surface area contributed by atoms with Crippen molar-refractivity contribution >= 4 is 11.6 Å². The first-order chi connectivity index (χ1) is 8.63. The van der Waals surface area contributed by atoms with Crippen molar-refractivity contribution in [3.05, 3.63) is 36.2 Å². The maximum atomic E-state index is 4.32. The third-order valence-corrected chi connectivity index (χ3v) is 2.93. The van der Waals surface area contributed by atoms with Crippen LogP contribution in [0.5, 0.6) is 0 Å². The van der Waals surface area contributed by atoms with Crippen LogP contribution in [-0.4, -0.2) is 30.2 Å². The van der Waals surface area contributed by atoms with Crippen molar-refractivity contribution in [2.75, 3.05) is 30.9 Å². The van der Waals surface area contributed by atoms with E-state index in [1.165, 1.54) is 11.3 Å². The van der Waals surface area contributed by atoms with E-state index in [1.807, 2.05) is 12.4 Å². The van der Waals surface area contributed by atoms with Crippen molar-refractivity contribution in [1.29, 1.82) is 0 Å². The van der Waals surface area contributed by atoms with E-state index in [0.717, 1.165) is 18.2 Å². The molecule has 0 fully saturated rings. The molecule has 0 saturated carbocycles. The molecule has 4 nitrogen and oxygen atoms in total. The zero-order valence-electron chi connectivity index (χ0n) is 11.4. The van der Waals surface area contributed by atoms with Crippen LogP contribution in [-0.2, 0) is 0 Å². The molecule has 0 atom stereocenters. The third-order valence-electron chi connectivity index (χ3n) is 2.93. The highest BCUT2D eigenvalue weighted by Gasteiger charge is 2.07. The molecule has 1 heterocycles. The van der Waals surface area contributed by atoms with Gasteiger partial charge in [0.05, 0.1) is 5.69 Å². The predicted molar refractivity (Wildman–Crippen MR) is 76.8 cm³/mol. The number of aryl methyl sites for hydroxylation is 1. The molecule has 0 aliphatic carbocycles. The van der Waals surface area contributed by atoms with Crippen LogP contribution >= 0.6 is 0 Å². The van der Waals surface area contributed by atoms with Crippen molar-refractivity contribution in [2.24, 2.45) is 0 Å². The Morgan fingerprint density at radius 1 is 1.33 bits per heavy atom. The summed E-state index contributed by atoms with van der Waals surface area (Å²) in [4.78, 5) is 6.45. The number of aromatic nitrogens is 2. The summed E-state index contributed by atoms with van der Waals surface area (Å²) < 4.78 is 2.07. The molecule has 4 heteroatoms. The molecule has 0 aliphatic heterocycles. The van der Waals surface area contributed by atoms with Crippen LogP contribution in [0.4, 0.5) is 11.6 Å². The topological polar surface area (TPSA) is 33.1 Å². The number of rotatable bonds is 4. The van der Waals surface area contributed by atoms with Gasteiger partial charge in [0.25, 0.3) is 0 Å². The van der Waals surface area contributed by atoms with Crippen molar-refractivity contribution < 1.29 is 0 Å². The summed E-state index contributed by atoms with van der Waals surface area (Å²) in [5.41, 5.74) is 3.62. The molecule has 1 aromatic heterocycles. The SMILES string of the molecule is CCNc1nccn1-c1ccc(C)c(N(C)C)c1. The lowest BCUT2D eigenvalue weighted by atomic mass is 10.1. The van der Waals surface area contributed by atoms with Gasteiger partial charge in [0, 0.05) is 38.7 Å². The molecule has 2 rings (SSSR count). The Hall–Kier alpha value is -1.97. The highest BCUT2D eigenvalue weighted by atomic mass is 15.2. The van der Waals surface area contributed by atoms with Gasteiger partial charge in [-0.05, 0) is 31.5 Å². The zero-order valence-corrected chi connectivity index (χ0v) is 11.4. The Labute approximate surface area is 108 Å². The second-order valence-electron chi connectivity index (χ2n) is 4.52. The number of anilines is 2. The third kappa shape index (κ3) is 2.32. The van der Waals surface area contributed by atoms with Gasteiger partial charge in [-0.2, -0.15) is 0 Å². The molecule has 96 valence electrons. The number of hydrogen-bond donors (Lipinski definition) is 1. The molecule has 1 aromatic carbocycles. The average molecular weight is 244 g/mol. The highest BCUT2D eigenvalue weighted by Crippen LogP contribution is 2.23. The Morgan fingerprint density at radius 2 is 2.11 bits per heavy atom. The van der Waals surface area contributed by atoms with E-state index in [1.54, 1.807) is 0 Å². The molecular weight excluding hydrogens is 224 g/mol.